The van der Waals surface area contributed by atoms with E-state index in [4.69, 9.17) is 16.3 Å². The number of carboxylic acid groups (broad SMARTS) is 1. The molecule has 1 aromatic rings. The van der Waals surface area contributed by atoms with Gasteiger partial charge in [0.15, 0.2) is 6.61 Å². The SMILES string of the molecule is CCC(CC)(NC(=O)COc1ccc(Br)cc1Cl)C(=O)O. The number of carbonyl (C=O) groups excluding carboxylic acids is 1. The Bertz CT molecular complexity index is 532. The van der Waals surface area contributed by atoms with Gasteiger partial charge in [-0.3, -0.25) is 4.79 Å². The summed E-state index contributed by atoms with van der Waals surface area (Å²) in [6.45, 7) is 3.13. The Balaban J connectivity index is 2.67. The number of nitrogens with one attached hydrogen (secondary N) is 1. The van der Waals surface area contributed by atoms with E-state index in [1.165, 1.54) is 0 Å². The number of rotatable bonds is 7. The zero-order chi connectivity index (χ0) is 16.0. The number of aliphatic carboxylic acids is 1. The Labute approximate surface area is 136 Å². The van der Waals surface area contributed by atoms with Gasteiger partial charge < -0.3 is 15.2 Å². The van der Waals surface area contributed by atoms with Crippen LogP contribution >= 0.6 is 27.5 Å². The zero-order valence-electron chi connectivity index (χ0n) is 11.8. The van der Waals surface area contributed by atoms with E-state index in [2.05, 4.69) is 21.2 Å². The molecular weight excluding hydrogens is 362 g/mol. The highest BCUT2D eigenvalue weighted by atomic mass is 79.9. The number of hydrogen-bond acceptors (Lipinski definition) is 3. The molecule has 0 aliphatic rings. The van der Waals surface area contributed by atoms with Crippen LogP contribution in [0.1, 0.15) is 26.7 Å². The molecule has 0 aliphatic carbocycles. The first-order valence-electron chi connectivity index (χ1n) is 6.47. The number of carboxylic acids is 1. The van der Waals surface area contributed by atoms with Crippen LogP contribution in [0, 0.1) is 0 Å². The minimum absolute atomic E-state index is 0.295. The monoisotopic (exact) mass is 377 g/mol. The maximum atomic E-state index is 11.9. The van der Waals surface area contributed by atoms with Crippen LogP contribution in [0.4, 0.5) is 0 Å². The third-order valence-corrected chi connectivity index (χ3v) is 4.04. The Kier molecular flexibility index (Phi) is 6.48. The molecule has 21 heavy (non-hydrogen) atoms. The average Bonchev–Trinajstić information content (AvgIpc) is 2.43. The van der Waals surface area contributed by atoms with Gasteiger partial charge in [0, 0.05) is 4.47 Å². The zero-order valence-corrected chi connectivity index (χ0v) is 14.1. The van der Waals surface area contributed by atoms with Crippen molar-refractivity contribution >= 4 is 39.4 Å². The van der Waals surface area contributed by atoms with Crippen molar-refractivity contribution in [1.29, 1.82) is 0 Å². The van der Waals surface area contributed by atoms with Crippen molar-refractivity contribution in [1.82, 2.24) is 5.32 Å². The van der Waals surface area contributed by atoms with E-state index in [0.717, 1.165) is 4.47 Å². The first kappa shape index (κ1) is 17.8. The van der Waals surface area contributed by atoms with Gasteiger partial charge in [0.2, 0.25) is 0 Å². The Hall–Kier alpha value is -1.27. The summed E-state index contributed by atoms with van der Waals surface area (Å²) in [5.41, 5.74) is -1.26. The van der Waals surface area contributed by atoms with Crippen molar-refractivity contribution in [2.24, 2.45) is 0 Å². The van der Waals surface area contributed by atoms with Gasteiger partial charge in [0.05, 0.1) is 5.02 Å². The van der Waals surface area contributed by atoms with Crippen molar-refractivity contribution in [3.8, 4) is 5.75 Å². The van der Waals surface area contributed by atoms with Gasteiger partial charge in [-0.1, -0.05) is 41.4 Å². The van der Waals surface area contributed by atoms with Crippen LogP contribution in [0.25, 0.3) is 0 Å². The molecule has 0 unspecified atom stereocenters. The van der Waals surface area contributed by atoms with Gasteiger partial charge in [0.25, 0.3) is 5.91 Å². The fourth-order valence-corrected chi connectivity index (χ4v) is 2.55. The van der Waals surface area contributed by atoms with Crippen LogP contribution in [0.5, 0.6) is 5.75 Å². The third-order valence-electron chi connectivity index (χ3n) is 3.25. The van der Waals surface area contributed by atoms with Gasteiger partial charge in [-0.05, 0) is 31.0 Å². The molecule has 0 heterocycles. The summed E-state index contributed by atoms with van der Waals surface area (Å²) >= 11 is 9.24. The molecule has 5 nitrogen and oxygen atoms in total. The Morgan fingerprint density at radius 3 is 2.48 bits per heavy atom. The van der Waals surface area contributed by atoms with Crippen LogP contribution in [0.3, 0.4) is 0 Å². The normalized spacial score (nSPS) is 11.0. The number of amides is 1. The van der Waals surface area contributed by atoms with Crippen molar-refractivity contribution in [3.63, 3.8) is 0 Å². The second-order valence-electron chi connectivity index (χ2n) is 4.51. The summed E-state index contributed by atoms with van der Waals surface area (Å²) in [6.07, 6.45) is 0.591. The molecule has 0 saturated carbocycles. The maximum Gasteiger partial charge on any atom is 0.329 e. The largest absolute Gasteiger partial charge is 0.482 e. The lowest BCUT2D eigenvalue weighted by Gasteiger charge is -2.28. The molecule has 0 fully saturated rings. The third kappa shape index (κ3) is 4.61. The molecule has 1 aromatic carbocycles. The van der Waals surface area contributed by atoms with E-state index < -0.39 is 17.4 Å². The number of carbonyl (C=O) groups is 2. The predicted molar refractivity (Wildman–Crippen MR) is 83.7 cm³/mol. The number of hydrogen-bond donors (Lipinski definition) is 2. The smallest absolute Gasteiger partial charge is 0.329 e. The highest BCUT2D eigenvalue weighted by Gasteiger charge is 2.36. The minimum atomic E-state index is -1.26. The number of halogens is 2. The molecule has 7 heteroatoms. The molecule has 2 N–H and O–H groups in total. The molecule has 0 radical (unpaired) electrons. The fraction of sp³-hybridized carbons (Fsp3) is 0.429. The molecule has 0 atom stereocenters. The van der Waals surface area contributed by atoms with Gasteiger partial charge in [-0.15, -0.1) is 0 Å². The van der Waals surface area contributed by atoms with Crippen LogP contribution in [0.2, 0.25) is 5.02 Å². The number of benzene rings is 1. The van der Waals surface area contributed by atoms with Gasteiger partial charge >= 0.3 is 5.97 Å². The minimum Gasteiger partial charge on any atom is -0.482 e. The molecule has 1 amide bonds. The summed E-state index contributed by atoms with van der Waals surface area (Å²) in [6, 6.07) is 5.01. The van der Waals surface area contributed by atoms with Crippen LogP contribution in [-0.4, -0.2) is 29.1 Å². The van der Waals surface area contributed by atoms with Crippen molar-refractivity contribution in [2.75, 3.05) is 6.61 Å². The molecular formula is C14H17BrClNO4. The van der Waals surface area contributed by atoms with Crippen molar-refractivity contribution < 1.29 is 19.4 Å². The second-order valence-corrected chi connectivity index (χ2v) is 5.83. The summed E-state index contributed by atoms with van der Waals surface area (Å²) in [7, 11) is 0. The van der Waals surface area contributed by atoms with E-state index in [9.17, 15) is 14.7 Å². The maximum absolute atomic E-state index is 11.9. The van der Waals surface area contributed by atoms with E-state index >= 15 is 0 Å². The second kappa shape index (κ2) is 7.66. The first-order chi connectivity index (χ1) is 9.84. The predicted octanol–water partition coefficient (Wildman–Crippen LogP) is 3.24. The first-order valence-corrected chi connectivity index (χ1v) is 7.64. The highest BCUT2D eigenvalue weighted by Crippen LogP contribution is 2.27. The van der Waals surface area contributed by atoms with Gasteiger partial charge in [-0.2, -0.15) is 0 Å². The van der Waals surface area contributed by atoms with Gasteiger partial charge in [0.1, 0.15) is 11.3 Å². The van der Waals surface area contributed by atoms with Crippen molar-refractivity contribution in [2.45, 2.75) is 32.2 Å². The Morgan fingerprint density at radius 1 is 1.38 bits per heavy atom. The van der Waals surface area contributed by atoms with E-state index in [0.29, 0.717) is 23.6 Å². The molecule has 116 valence electrons. The van der Waals surface area contributed by atoms with Crippen LogP contribution < -0.4 is 10.1 Å². The van der Waals surface area contributed by atoms with Gasteiger partial charge in [-0.25, -0.2) is 4.79 Å². The molecule has 1 rings (SSSR count). The van der Waals surface area contributed by atoms with E-state index in [-0.39, 0.29) is 6.61 Å². The molecule has 0 bridgehead atoms. The van der Waals surface area contributed by atoms with E-state index in [1.54, 1.807) is 32.0 Å². The van der Waals surface area contributed by atoms with Crippen LogP contribution in [-0.2, 0) is 9.59 Å². The number of ether oxygens (including phenoxy) is 1. The molecule has 0 aromatic heterocycles. The lowest BCUT2D eigenvalue weighted by molar-refractivity contribution is -0.148. The summed E-state index contributed by atoms with van der Waals surface area (Å²) < 4.78 is 6.11. The lowest BCUT2D eigenvalue weighted by atomic mass is 9.93. The summed E-state index contributed by atoms with van der Waals surface area (Å²) in [5.74, 6) is -1.19. The topological polar surface area (TPSA) is 75.6 Å². The standard InChI is InChI=1S/C14H17BrClNO4/c1-3-14(4-2,13(19)20)17-12(18)8-21-11-6-5-9(15)7-10(11)16/h5-7H,3-4,8H2,1-2H3,(H,17,18)(H,19,20). The molecule has 0 spiro atoms. The summed E-state index contributed by atoms with van der Waals surface area (Å²) in [5, 5.41) is 12.1. The molecule has 0 saturated heterocycles. The van der Waals surface area contributed by atoms with Crippen molar-refractivity contribution in [3.05, 3.63) is 27.7 Å². The fourth-order valence-electron chi connectivity index (χ4n) is 1.82. The summed E-state index contributed by atoms with van der Waals surface area (Å²) in [4.78, 5) is 23.2. The van der Waals surface area contributed by atoms with Crippen LogP contribution in [0.15, 0.2) is 22.7 Å². The van der Waals surface area contributed by atoms with E-state index in [1.807, 2.05) is 0 Å². The quantitative estimate of drug-likeness (QED) is 0.764. The average molecular weight is 379 g/mol. The Morgan fingerprint density at radius 2 is 2.00 bits per heavy atom. The lowest BCUT2D eigenvalue weighted by Crippen LogP contribution is -2.54. The highest BCUT2D eigenvalue weighted by molar-refractivity contribution is 9.10. The molecule has 0 aliphatic heterocycles.